The summed E-state index contributed by atoms with van der Waals surface area (Å²) in [5.41, 5.74) is 8.28. The van der Waals surface area contributed by atoms with Gasteiger partial charge < -0.3 is 0 Å². The number of nitrogens with zero attached hydrogens (tertiary/aromatic N) is 1. The summed E-state index contributed by atoms with van der Waals surface area (Å²) < 4.78 is 0. The van der Waals surface area contributed by atoms with Gasteiger partial charge in [-0.3, -0.25) is 4.90 Å². The quantitative estimate of drug-likeness (QED) is 0.248. The molecule has 2 atom stereocenters. The Kier molecular flexibility index (Phi) is 8.83. The Hall–Kier alpha value is -2.34. The third-order valence-electron chi connectivity index (χ3n) is 6.79. The van der Waals surface area contributed by atoms with Crippen LogP contribution in [0.1, 0.15) is 77.9 Å². The molecule has 4 rings (SSSR count). The van der Waals surface area contributed by atoms with Crippen LogP contribution in [0, 0.1) is 12.3 Å². The standard InChI is InChI=1S/C31H40NP.C4H8/c1-23-17-19-24(20-18-23)29(32(31(5,6)7)22-30(2,3)4)33(8)21-25-13-9-10-14-26(25)27-15-11-12-16-28(27)33;1-4(2)3/h9-20,29H,8,21-22H2,1-7H3;1H2,2-3H3. The summed E-state index contributed by atoms with van der Waals surface area (Å²) in [7, 11) is 0. The largest absolute Gasteiger partial charge is 0.287 e. The van der Waals surface area contributed by atoms with Crippen LogP contribution in [0.25, 0.3) is 11.1 Å². The Morgan fingerprint density at radius 1 is 0.838 bits per heavy atom. The molecule has 37 heavy (non-hydrogen) atoms. The lowest BCUT2D eigenvalue weighted by Crippen LogP contribution is -2.48. The molecule has 0 radical (unpaired) electrons. The summed E-state index contributed by atoms with van der Waals surface area (Å²) in [6.45, 7) is 23.0. The van der Waals surface area contributed by atoms with Crippen LogP contribution in [0.3, 0.4) is 0 Å². The molecule has 3 aromatic carbocycles. The minimum absolute atomic E-state index is 0.0133. The summed E-state index contributed by atoms with van der Waals surface area (Å²) in [6.07, 6.45) is 6.24. The van der Waals surface area contributed by atoms with Crippen molar-refractivity contribution in [3.05, 3.63) is 102 Å². The number of aryl methyl sites for hydroxylation is 1. The van der Waals surface area contributed by atoms with Gasteiger partial charge in [0, 0.05) is 12.1 Å². The van der Waals surface area contributed by atoms with E-state index in [1.165, 1.54) is 38.7 Å². The highest BCUT2D eigenvalue weighted by molar-refractivity contribution is 7.80. The van der Waals surface area contributed by atoms with Gasteiger partial charge in [-0.1, -0.05) is 118 Å². The normalized spacial score (nSPS) is 17.8. The van der Waals surface area contributed by atoms with E-state index in [0.29, 0.717) is 0 Å². The fourth-order valence-corrected chi connectivity index (χ4v) is 9.54. The molecule has 1 aliphatic heterocycles. The van der Waals surface area contributed by atoms with Gasteiger partial charge >= 0.3 is 0 Å². The Labute approximate surface area is 227 Å². The van der Waals surface area contributed by atoms with E-state index in [4.69, 9.17) is 6.30 Å². The maximum atomic E-state index is 5.20. The summed E-state index contributed by atoms with van der Waals surface area (Å²) >= 11 is 0. The Morgan fingerprint density at radius 3 is 1.89 bits per heavy atom. The molecule has 1 heterocycles. The van der Waals surface area contributed by atoms with Crippen molar-refractivity contribution in [2.24, 2.45) is 5.41 Å². The molecule has 1 nitrogen and oxygen atoms in total. The molecule has 198 valence electrons. The smallest absolute Gasteiger partial charge is 0.0587 e. The maximum Gasteiger partial charge on any atom is 0.0587 e. The molecule has 0 spiro atoms. The minimum atomic E-state index is -1.90. The average Bonchev–Trinajstić information content (AvgIpc) is 2.78. The van der Waals surface area contributed by atoms with Gasteiger partial charge in [0.25, 0.3) is 0 Å². The molecule has 0 saturated heterocycles. The third-order valence-corrected chi connectivity index (χ3v) is 10.6. The molecular formula is C35H48NP. The molecule has 0 fully saturated rings. The van der Waals surface area contributed by atoms with Gasteiger partial charge in [0.2, 0.25) is 0 Å². The van der Waals surface area contributed by atoms with Gasteiger partial charge in [-0.25, -0.2) is 0 Å². The predicted octanol–water partition coefficient (Wildman–Crippen LogP) is 9.68. The summed E-state index contributed by atoms with van der Waals surface area (Å²) in [6, 6.07) is 27.3. The third kappa shape index (κ3) is 6.95. The number of rotatable bonds is 4. The molecule has 0 aromatic heterocycles. The number of benzene rings is 3. The summed E-state index contributed by atoms with van der Waals surface area (Å²) in [5, 5.41) is 1.47. The summed E-state index contributed by atoms with van der Waals surface area (Å²) in [5.74, 6) is 0.256. The molecule has 0 saturated carbocycles. The van der Waals surface area contributed by atoms with Gasteiger partial charge in [0.1, 0.15) is 0 Å². The molecule has 0 amide bonds. The number of allylic oxidation sites excluding steroid dienone is 1. The van der Waals surface area contributed by atoms with Gasteiger partial charge in [0.05, 0.1) is 5.78 Å². The van der Waals surface area contributed by atoms with E-state index in [9.17, 15) is 0 Å². The molecular weight excluding hydrogens is 465 g/mol. The minimum Gasteiger partial charge on any atom is -0.287 e. The Bertz CT molecular complexity index is 1260. The number of hydrogen-bond acceptors (Lipinski definition) is 1. The molecule has 0 N–H and O–H groups in total. The van der Waals surface area contributed by atoms with E-state index >= 15 is 0 Å². The predicted molar refractivity (Wildman–Crippen MR) is 170 cm³/mol. The highest BCUT2D eigenvalue weighted by Crippen LogP contribution is 2.66. The lowest BCUT2D eigenvalue weighted by Gasteiger charge is -2.51. The second kappa shape index (κ2) is 11.2. The van der Waals surface area contributed by atoms with E-state index in [1.807, 2.05) is 13.8 Å². The molecule has 2 heteroatoms. The van der Waals surface area contributed by atoms with Crippen molar-refractivity contribution in [2.45, 2.75) is 79.8 Å². The highest BCUT2D eigenvalue weighted by Gasteiger charge is 2.42. The molecule has 0 bridgehead atoms. The Balaban J connectivity index is 0.000000886. The van der Waals surface area contributed by atoms with E-state index in [1.54, 1.807) is 0 Å². The SMILES string of the molecule is C=C(C)C.C=P1(C(c2ccc(C)cc2)N(CC(C)(C)C)C(C)(C)C)Cc2ccccc2-c2ccccc21. The van der Waals surface area contributed by atoms with Crippen molar-refractivity contribution in [3.63, 3.8) is 0 Å². The van der Waals surface area contributed by atoms with Crippen LogP contribution in [0.5, 0.6) is 0 Å². The van der Waals surface area contributed by atoms with Gasteiger partial charge in [-0.05, 0) is 80.7 Å². The lowest BCUT2D eigenvalue weighted by molar-refractivity contribution is 0.0770. The van der Waals surface area contributed by atoms with Crippen molar-refractivity contribution in [2.75, 3.05) is 6.54 Å². The second-order valence-electron chi connectivity index (χ2n) is 13.2. The highest BCUT2D eigenvalue weighted by atomic mass is 31.2. The van der Waals surface area contributed by atoms with Crippen molar-refractivity contribution < 1.29 is 0 Å². The van der Waals surface area contributed by atoms with Crippen molar-refractivity contribution in [1.29, 1.82) is 0 Å². The zero-order chi connectivity index (χ0) is 27.6. The van der Waals surface area contributed by atoms with Crippen molar-refractivity contribution in [3.8, 4) is 11.1 Å². The zero-order valence-electron chi connectivity index (χ0n) is 24.7. The molecule has 2 unspecified atom stereocenters. The van der Waals surface area contributed by atoms with Crippen molar-refractivity contribution >= 4 is 18.5 Å². The fraction of sp³-hybridized carbons (Fsp3) is 0.400. The van der Waals surface area contributed by atoms with Crippen LogP contribution in [-0.2, 0) is 6.16 Å². The lowest BCUT2D eigenvalue weighted by atomic mass is 9.92. The van der Waals surface area contributed by atoms with Crippen molar-refractivity contribution in [1.82, 2.24) is 4.90 Å². The first-order valence-electron chi connectivity index (χ1n) is 13.5. The maximum absolute atomic E-state index is 5.20. The van der Waals surface area contributed by atoms with Crippen LogP contribution in [-0.4, -0.2) is 23.3 Å². The van der Waals surface area contributed by atoms with Gasteiger partial charge in [0.15, 0.2) is 0 Å². The average molecular weight is 514 g/mol. The first-order chi connectivity index (χ1) is 17.1. The fourth-order valence-electron chi connectivity index (χ4n) is 5.29. The first-order valence-corrected chi connectivity index (χ1v) is 15.7. The van der Waals surface area contributed by atoms with E-state index in [2.05, 4.69) is 133 Å². The van der Waals surface area contributed by atoms with Crippen LogP contribution in [0.4, 0.5) is 0 Å². The van der Waals surface area contributed by atoms with Crippen LogP contribution in [0.2, 0.25) is 0 Å². The molecule has 1 aliphatic rings. The van der Waals surface area contributed by atoms with Crippen LogP contribution in [0.15, 0.2) is 84.9 Å². The number of hydrogen-bond donors (Lipinski definition) is 0. The van der Waals surface area contributed by atoms with Crippen LogP contribution >= 0.6 is 6.89 Å². The second-order valence-corrected chi connectivity index (χ2v) is 16.6. The van der Waals surface area contributed by atoms with Crippen LogP contribution < -0.4 is 5.30 Å². The monoisotopic (exact) mass is 513 g/mol. The van der Waals surface area contributed by atoms with Gasteiger partial charge in [-0.2, -0.15) is 0 Å². The van der Waals surface area contributed by atoms with Gasteiger partial charge in [-0.15, -0.1) is 6.58 Å². The Morgan fingerprint density at radius 2 is 1.35 bits per heavy atom. The van der Waals surface area contributed by atoms with E-state index in [0.717, 1.165) is 12.7 Å². The molecule has 0 aliphatic carbocycles. The topological polar surface area (TPSA) is 3.24 Å². The summed E-state index contributed by atoms with van der Waals surface area (Å²) in [4.78, 5) is 2.77. The van der Waals surface area contributed by atoms with E-state index < -0.39 is 6.89 Å². The number of fused-ring (bicyclic) bond motifs is 3. The first kappa shape index (κ1) is 29.2. The van der Waals surface area contributed by atoms with E-state index in [-0.39, 0.29) is 16.7 Å². The zero-order valence-corrected chi connectivity index (χ0v) is 25.6. The molecule has 3 aromatic rings.